The molecule has 0 saturated carbocycles. The largest absolute Gasteiger partial charge is 0.335 e. The average Bonchev–Trinajstić information content (AvgIpc) is 2.89. The van der Waals surface area contributed by atoms with E-state index in [2.05, 4.69) is 35.0 Å². The lowest BCUT2D eigenvalue weighted by atomic mass is 9.93. The summed E-state index contributed by atoms with van der Waals surface area (Å²) >= 11 is 5.50. The van der Waals surface area contributed by atoms with Crippen molar-refractivity contribution in [3.63, 3.8) is 0 Å². The SMILES string of the molecule is Cc1ccncc1-c1cc2c3c(c1)CCN3C(=S)CC2. The van der Waals surface area contributed by atoms with E-state index in [1.165, 1.54) is 33.5 Å². The Morgan fingerprint density at radius 3 is 2.75 bits per heavy atom. The van der Waals surface area contributed by atoms with Crippen LogP contribution in [0.2, 0.25) is 0 Å². The number of aryl methyl sites for hydroxylation is 2. The first-order chi connectivity index (χ1) is 9.74. The minimum atomic E-state index is 1.01. The summed E-state index contributed by atoms with van der Waals surface area (Å²) in [5.41, 5.74) is 8.13. The van der Waals surface area contributed by atoms with Gasteiger partial charge >= 0.3 is 0 Å². The van der Waals surface area contributed by atoms with Crippen LogP contribution in [0.15, 0.2) is 30.6 Å². The second-order valence-electron chi connectivity index (χ2n) is 5.63. The van der Waals surface area contributed by atoms with Crippen molar-refractivity contribution in [2.24, 2.45) is 0 Å². The van der Waals surface area contributed by atoms with Crippen molar-refractivity contribution in [1.29, 1.82) is 0 Å². The molecule has 0 saturated heterocycles. The fraction of sp³-hybridized carbons (Fsp3) is 0.294. The lowest BCUT2D eigenvalue weighted by Gasteiger charge is -2.28. The Hall–Kier alpha value is -1.74. The topological polar surface area (TPSA) is 16.1 Å². The maximum Gasteiger partial charge on any atom is 0.0827 e. The van der Waals surface area contributed by atoms with Crippen LogP contribution in [0.1, 0.15) is 23.1 Å². The van der Waals surface area contributed by atoms with Crippen molar-refractivity contribution < 1.29 is 0 Å². The number of hydrogen-bond acceptors (Lipinski definition) is 2. The zero-order chi connectivity index (χ0) is 13.7. The molecule has 2 aromatic rings. The van der Waals surface area contributed by atoms with Gasteiger partial charge in [-0.25, -0.2) is 0 Å². The van der Waals surface area contributed by atoms with Gasteiger partial charge in [0.15, 0.2) is 0 Å². The number of aromatic nitrogens is 1. The highest BCUT2D eigenvalue weighted by molar-refractivity contribution is 7.80. The molecule has 20 heavy (non-hydrogen) atoms. The van der Waals surface area contributed by atoms with Crippen LogP contribution in [0.4, 0.5) is 5.69 Å². The standard InChI is InChI=1S/C17H16N2S/c1-11-4-6-18-10-15(11)14-8-12-2-3-16(20)19-7-5-13(9-14)17(12)19/h4,6,8-10H,2-3,5,7H2,1H3. The van der Waals surface area contributed by atoms with Gasteiger partial charge in [-0.05, 0) is 60.2 Å². The predicted octanol–water partition coefficient (Wildman–Crippen LogP) is 3.69. The van der Waals surface area contributed by atoms with Crippen LogP contribution in [-0.2, 0) is 12.8 Å². The second kappa shape index (κ2) is 4.38. The van der Waals surface area contributed by atoms with Crippen LogP contribution in [0, 0.1) is 6.92 Å². The summed E-state index contributed by atoms with van der Waals surface area (Å²) in [4.78, 5) is 7.73. The monoisotopic (exact) mass is 280 g/mol. The van der Waals surface area contributed by atoms with E-state index >= 15 is 0 Å². The van der Waals surface area contributed by atoms with E-state index in [-0.39, 0.29) is 0 Å². The lowest BCUT2D eigenvalue weighted by Crippen LogP contribution is -2.31. The van der Waals surface area contributed by atoms with E-state index in [0.29, 0.717) is 0 Å². The first-order valence-electron chi connectivity index (χ1n) is 7.11. The molecule has 1 aromatic carbocycles. The molecule has 0 radical (unpaired) electrons. The molecule has 0 fully saturated rings. The fourth-order valence-corrected chi connectivity index (χ4v) is 3.66. The zero-order valence-electron chi connectivity index (χ0n) is 11.5. The van der Waals surface area contributed by atoms with Crippen LogP contribution in [0.5, 0.6) is 0 Å². The lowest BCUT2D eigenvalue weighted by molar-refractivity contribution is 0.943. The van der Waals surface area contributed by atoms with Crippen molar-refractivity contribution in [2.45, 2.75) is 26.2 Å². The average molecular weight is 280 g/mol. The molecule has 100 valence electrons. The molecule has 0 amide bonds. The number of nitrogens with zero attached hydrogens (tertiary/aromatic N) is 2. The van der Waals surface area contributed by atoms with Gasteiger partial charge in [0.1, 0.15) is 0 Å². The molecule has 2 nitrogen and oxygen atoms in total. The summed E-state index contributed by atoms with van der Waals surface area (Å²) in [5, 5.41) is 0. The van der Waals surface area contributed by atoms with E-state index in [0.717, 1.165) is 30.8 Å². The van der Waals surface area contributed by atoms with Gasteiger partial charge in [0.2, 0.25) is 0 Å². The first-order valence-corrected chi connectivity index (χ1v) is 7.52. The molecule has 3 heterocycles. The summed E-state index contributed by atoms with van der Waals surface area (Å²) in [7, 11) is 0. The molecule has 0 unspecified atom stereocenters. The maximum absolute atomic E-state index is 5.50. The van der Waals surface area contributed by atoms with Gasteiger partial charge in [-0.15, -0.1) is 0 Å². The molecule has 2 aliphatic rings. The van der Waals surface area contributed by atoms with Crippen molar-refractivity contribution in [3.8, 4) is 11.1 Å². The van der Waals surface area contributed by atoms with Gasteiger partial charge in [-0.3, -0.25) is 4.98 Å². The van der Waals surface area contributed by atoms with E-state index < -0.39 is 0 Å². The number of thiocarbonyl (C=S) groups is 1. The molecule has 0 bridgehead atoms. The molecule has 0 aliphatic carbocycles. The number of pyridine rings is 1. The second-order valence-corrected chi connectivity index (χ2v) is 6.10. The number of hydrogen-bond donors (Lipinski definition) is 0. The zero-order valence-corrected chi connectivity index (χ0v) is 12.3. The van der Waals surface area contributed by atoms with Crippen LogP contribution in [0.25, 0.3) is 11.1 Å². The molecule has 1 aromatic heterocycles. The van der Waals surface area contributed by atoms with Gasteiger partial charge in [0.05, 0.1) is 4.99 Å². The smallest absolute Gasteiger partial charge is 0.0827 e. The number of benzene rings is 1. The highest BCUT2D eigenvalue weighted by atomic mass is 32.1. The maximum atomic E-state index is 5.50. The van der Waals surface area contributed by atoms with Crippen molar-refractivity contribution in [1.82, 2.24) is 4.98 Å². The van der Waals surface area contributed by atoms with E-state index in [1.807, 2.05) is 12.4 Å². The van der Waals surface area contributed by atoms with Crippen molar-refractivity contribution >= 4 is 22.9 Å². The van der Waals surface area contributed by atoms with E-state index in [9.17, 15) is 0 Å². The van der Waals surface area contributed by atoms with E-state index in [1.54, 1.807) is 0 Å². The van der Waals surface area contributed by atoms with Crippen molar-refractivity contribution in [2.75, 3.05) is 11.4 Å². The van der Waals surface area contributed by atoms with Gasteiger partial charge in [0.25, 0.3) is 0 Å². The summed E-state index contributed by atoms with van der Waals surface area (Å²) in [6.45, 7) is 3.20. The van der Waals surface area contributed by atoms with Gasteiger partial charge in [-0.1, -0.05) is 12.2 Å². The van der Waals surface area contributed by atoms with Crippen LogP contribution in [0.3, 0.4) is 0 Å². The predicted molar refractivity (Wildman–Crippen MR) is 86.4 cm³/mol. The molecule has 4 rings (SSSR count). The Labute approximate surface area is 124 Å². The highest BCUT2D eigenvalue weighted by Gasteiger charge is 2.29. The van der Waals surface area contributed by atoms with Gasteiger partial charge < -0.3 is 4.90 Å². The molecule has 0 spiro atoms. The van der Waals surface area contributed by atoms with Crippen LogP contribution < -0.4 is 4.90 Å². The van der Waals surface area contributed by atoms with E-state index in [4.69, 9.17) is 12.2 Å². The Morgan fingerprint density at radius 2 is 1.95 bits per heavy atom. The summed E-state index contributed by atoms with van der Waals surface area (Å²) < 4.78 is 0. The minimum absolute atomic E-state index is 1.01. The Balaban J connectivity index is 1.90. The van der Waals surface area contributed by atoms with Crippen LogP contribution in [-0.4, -0.2) is 16.5 Å². The van der Waals surface area contributed by atoms with Crippen molar-refractivity contribution in [3.05, 3.63) is 47.3 Å². The summed E-state index contributed by atoms with van der Waals surface area (Å²) in [6.07, 6.45) is 7.03. The van der Waals surface area contributed by atoms with Gasteiger partial charge in [0, 0.05) is 36.6 Å². The normalized spacial score (nSPS) is 16.4. The third-order valence-corrected chi connectivity index (χ3v) is 4.83. The molecule has 0 atom stereocenters. The minimum Gasteiger partial charge on any atom is -0.335 e. The Bertz CT molecular complexity index is 721. The quantitative estimate of drug-likeness (QED) is 0.741. The summed E-state index contributed by atoms with van der Waals surface area (Å²) in [5.74, 6) is 0. The summed E-state index contributed by atoms with van der Waals surface area (Å²) in [6, 6.07) is 6.75. The third kappa shape index (κ3) is 1.70. The fourth-order valence-electron chi connectivity index (χ4n) is 3.38. The highest BCUT2D eigenvalue weighted by Crippen LogP contribution is 2.40. The number of anilines is 1. The first kappa shape index (κ1) is 12.0. The molecule has 3 heteroatoms. The van der Waals surface area contributed by atoms with Gasteiger partial charge in [-0.2, -0.15) is 0 Å². The number of rotatable bonds is 1. The molecular weight excluding hydrogens is 264 g/mol. The molecular formula is C17H16N2S. The molecule has 0 N–H and O–H groups in total. The Morgan fingerprint density at radius 1 is 1.15 bits per heavy atom. The molecule has 2 aliphatic heterocycles. The Kier molecular flexibility index (Phi) is 2.64. The third-order valence-electron chi connectivity index (χ3n) is 4.40. The van der Waals surface area contributed by atoms with Crippen LogP contribution >= 0.6 is 12.2 Å².